The highest BCUT2D eigenvalue weighted by atomic mass is 16.5. The van der Waals surface area contributed by atoms with E-state index in [-0.39, 0.29) is 24.0 Å². The summed E-state index contributed by atoms with van der Waals surface area (Å²) in [6.45, 7) is 9.54. The molecular formula is C24H35N3O4. The second-order valence-electron chi connectivity index (χ2n) is 9.63. The average Bonchev–Trinajstić information content (AvgIpc) is 3.31. The first-order valence-electron chi connectivity index (χ1n) is 11.6. The van der Waals surface area contributed by atoms with E-state index < -0.39 is 5.54 Å². The minimum atomic E-state index is -0.970. The molecular weight excluding hydrogens is 394 g/mol. The Labute approximate surface area is 184 Å². The van der Waals surface area contributed by atoms with Crippen molar-refractivity contribution in [2.75, 3.05) is 13.2 Å². The van der Waals surface area contributed by atoms with Gasteiger partial charge in [0.15, 0.2) is 5.58 Å². The van der Waals surface area contributed by atoms with Gasteiger partial charge in [-0.15, -0.1) is 0 Å². The summed E-state index contributed by atoms with van der Waals surface area (Å²) < 4.78 is 13.1. The van der Waals surface area contributed by atoms with Crippen LogP contribution in [-0.2, 0) is 16.1 Å². The van der Waals surface area contributed by atoms with Gasteiger partial charge in [-0.1, -0.05) is 19.8 Å². The van der Waals surface area contributed by atoms with Crippen LogP contribution in [-0.4, -0.2) is 52.1 Å². The third-order valence-electron chi connectivity index (χ3n) is 6.94. The number of carbonyl (C=O) groups excluding carboxylic acids is 2. The molecule has 1 N–H and O–H groups in total. The van der Waals surface area contributed by atoms with E-state index in [2.05, 4.69) is 12.2 Å². The van der Waals surface area contributed by atoms with Crippen LogP contribution in [0, 0.1) is 5.92 Å². The number of amides is 2. The number of hydrogen-bond acceptors (Lipinski definition) is 4. The van der Waals surface area contributed by atoms with Gasteiger partial charge >= 0.3 is 0 Å². The van der Waals surface area contributed by atoms with Crippen LogP contribution in [0.25, 0.3) is 11.1 Å². The fourth-order valence-corrected chi connectivity index (χ4v) is 5.02. The SMILES string of the molecule is CC(C)OCCCN1C(=O)c2cc3occc3n2C[C@]1(C)C(=O)N[C@H]1CCCC[C@H]1C. The van der Waals surface area contributed by atoms with Crippen LogP contribution in [0.4, 0.5) is 0 Å². The molecule has 3 atom stereocenters. The number of hydrogen-bond donors (Lipinski definition) is 1. The molecule has 1 fully saturated rings. The van der Waals surface area contributed by atoms with Crippen LogP contribution < -0.4 is 5.32 Å². The molecule has 1 saturated carbocycles. The maximum absolute atomic E-state index is 13.7. The zero-order valence-electron chi connectivity index (χ0n) is 19.1. The zero-order chi connectivity index (χ0) is 22.2. The zero-order valence-corrected chi connectivity index (χ0v) is 19.1. The summed E-state index contributed by atoms with van der Waals surface area (Å²) in [5, 5.41) is 3.30. The Morgan fingerprint density at radius 3 is 2.87 bits per heavy atom. The summed E-state index contributed by atoms with van der Waals surface area (Å²) in [5.74, 6) is 0.258. The molecule has 0 saturated heterocycles. The van der Waals surface area contributed by atoms with E-state index in [0.29, 0.717) is 43.3 Å². The molecule has 3 heterocycles. The van der Waals surface area contributed by atoms with Crippen molar-refractivity contribution in [2.45, 2.75) is 84.0 Å². The van der Waals surface area contributed by atoms with Crippen molar-refractivity contribution < 1.29 is 18.7 Å². The second-order valence-corrected chi connectivity index (χ2v) is 9.63. The summed E-state index contributed by atoms with van der Waals surface area (Å²) in [4.78, 5) is 28.9. The van der Waals surface area contributed by atoms with Gasteiger partial charge in [0.2, 0.25) is 5.91 Å². The molecule has 7 heteroatoms. The molecule has 2 aromatic heterocycles. The number of furan rings is 1. The quantitative estimate of drug-likeness (QED) is 0.676. The molecule has 2 aromatic rings. The maximum Gasteiger partial charge on any atom is 0.271 e. The Morgan fingerprint density at radius 2 is 2.13 bits per heavy atom. The van der Waals surface area contributed by atoms with Crippen molar-refractivity contribution in [1.82, 2.24) is 14.8 Å². The lowest BCUT2D eigenvalue weighted by Crippen LogP contribution is -2.65. The van der Waals surface area contributed by atoms with Gasteiger partial charge in [0.1, 0.15) is 11.2 Å². The Balaban J connectivity index is 1.61. The van der Waals surface area contributed by atoms with E-state index in [1.165, 1.54) is 6.42 Å². The fourth-order valence-electron chi connectivity index (χ4n) is 5.02. The topological polar surface area (TPSA) is 76.7 Å². The number of fused-ring (bicyclic) bond motifs is 3. The van der Waals surface area contributed by atoms with Crippen LogP contribution in [0.15, 0.2) is 22.8 Å². The van der Waals surface area contributed by atoms with Gasteiger partial charge < -0.3 is 23.9 Å². The highest BCUT2D eigenvalue weighted by Gasteiger charge is 2.48. The number of rotatable bonds is 7. The first kappa shape index (κ1) is 21.9. The number of nitrogens with zero attached hydrogens (tertiary/aromatic N) is 2. The van der Waals surface area contributed by atoms with Crippen molar-refractivity contribution in [2.24, 2.45) is 5.92 Å². The average molecular weight is 430 g/mol. The summed E-state index contributed by atoms with van der Waals surface area (Å²) in [6.07, 6.45) is 6.94. The predicted molar refractivity (Wildman–Crippen MR) is 119 cm³/mol. The highest BCUT2D eigenvalue weighted by Crippen LogP contribution is 2.33. The minimum absolute atomic E-state index is 0.0691. The number of carbonyl (C=O) groups is 2. The lowest BCUT2D eigenvalue weighted by atomic mass is 9.85. The Bertz CT molecular complexity index is 946. The normalized spacial score (nSPS) is 26.5. The van der Waals surface area contributed by atoms with Gasteiger partial charge in [0.25, 0.3) is 5.91 Å². The molecule has 2 aliphatic rings. The third kappa shape index (κ3) is 4.12. The molecule has 0 radical (unpaired) electrons. The highest BCUT2D eigenvalue weighted by molar-refractivity contribution is 6.02. The standard InChI is InChI=1S/C24H35N3O4/c1-16(2)30-12-7-11-27-22(28)20-14-21-19(10-13-31-21)26(20)15-24(27,4)23(29)25-18-9-6-5-8-17(18)3/h10,13-14,16-18H,5-9,11-12,15H2,1-4H3,(H,25,29)/t17-,18+,24-/m1/s1. The molecule has 0 unspecified atom stereocenters. The molecule has 7 nitrogen and oxygen atoms in total. The lowest BCUT2D eigenvalue weighted by Gasteiger charge is -2.45. The van der Waals surface area contributed by atoms with Crippen LogP contribution >= 0.6 is 0 Å². The second kappa shape index (κ2) is 8.69. The lowest BCUT2D eigenvalue weighted by molar-refractivity contribution is -0.134. The van der Waals surface area contributed by atoms with Crippen molar-refractivity contribution in [1.29, 1.82) is 0 Å². The van der Waals surface area contributed by atoms with Crippen LogP contribution in [0.5, 0.6) is 0 Å². The molecule has 0 aromatic carbocycles. The number of aromatic nitrogens is 1. The molecule has 2 amide bonds. The molecule has 31 heavy (non-hydrogen) atoms. The molecule has 1 aliphatic heterocycles. The maximum atomic E-state index is 13.7. The summed E-state index contributed by atoms with van der Waals surface area (Å²) in [7, 11) is 0. The Morgan fingerprint density at radius 1 is 1.35 bits per heavy atom. The fraction of sp³-hybridized carbons (Fsp3) is 0.667. The van der Waals surface area contributed by atoms with Gasteiger partial charge in [0.05, 0.1) is 24.4 Å². The molecule has 170 valence electrons. The van der Waals surface area contributed by atoms with E-state index in [1.807, 2.05) is 31.4 Å². The predicted octanol–water partition coefficient (Wildman–Crippen LogP) is 3.96. The first-order chi connectivity index (χ1) is 14.8. The van der Waals surface area contributed by atoms with Gasteiger partial charge in [0, 0.05) is 31.3 Å². The van der Waals surface area contributed by atoms with E-state index in [1.54, 1.807) is 17.2 Å². The summed E-state index contributed by atoms with van der Waals surface area (Å²) >= 11 is 0. The Kier molecular flexibility index (Phi) is 6.15. The molecule has 1 aliphatic carbocycles. The number of ether oxygens (including phenoxy) is 1. The van der Waals surface area contributed by atoms with Gasteiger partial charge in [-0.25, -0.2) is 0 Å². The van der Waals surface area contributed by atoms with E-state index >= 15 is 0 Å². The van der Waals surface area contributed by atoms with Crippen molar-refractivity contribution >= 4 is 22.9 Å². The third-order valence-corrected chi connectivity index (χ3v) is 6.94. The van der Waals surface area contributed by atoms with Gasteiger partial charge in [-0.3, -0.25) is 9.59 Å². The van der Waals surface area contributed by atoms with Crippen LogP contribution in [0.3, 0.4) is 0 Å². The van der Waals surface area contributed by atoms with Crippen LogP contribution in [0.2, 0.25) is 0 Å². The van der Waals surface area contributed by atoms with E-state index in [4.69, 9.17) is 9.15 Å². The molecule has 4 rings (SSSR count). The van der Waals surface area contributed by atoms with Crippen molar-refractivity contribution in [3.63, 3.8) is 0 Å². The summed E-state index contributed by atoms with van der Waals surface area (Å²) in [5.41, 5.74) is 1.14. The minimum Gasteiger partial charge on any atom is -0.463 e. The largest absolute Gasteiger partial charge is 0.463 e. The van der Waals surface area contributed by atoms with Gasteiger partial charge in [-0.05, 0) is 46.0 Å². The van der Waals surface area contributed by atoms with Crippen LogP contribution in [0.1, 0.15) is 70.3 Å². The summed E-state index contributed by atoms with van der Waals surface area (Å²) in [6, 6.07) is 3.81. The molecule has 0 spiro atoms. The van der Waals surface area contributed by atoms with E-state index in [9.17, 15) is 9.59 Å². The molecule has 0 bridgehead atoms. The first-order valence-corrected chi connectivity index (χ1v) is 11.6. The van der Waals surface area contributed by atoms with Gasteiger partial charge in [-0.2, -0.15) is 0 Å². The monoisotopic (exact) mass is 429 g/mol. The van der Waals surface area contributed by atoms with Crippen molar-refractivity contribution in [3.8, 4) is 0 Å². The van der Waals surface area contributed by atoms with Crippen molar-refractivity contribution in [3.05, 3.63) is 24.1 Å². The van der Waals surface area contributed by atoms with E-state index in [0.717, 1.165) is 24.8 Å². The smallest absolute Gasteiger partial charge is 0.271 e. The number of nitrogens with one attached hydrogen (secondary N) is 1. The Hall–Kier alpha value is -2.28.